The SMILES string of the molecule is CCCCC1CCC(C(=O)Nc2ccc3c(c2)N(CCCOc2ccc(Cl)cc2)C(=O)CO3)CC1. The van der Waals surface area contributed by atoms with Crippen LogP contribution in [0.3, 0.4) is 0 Å². The number of hydrogen-bond acceptors (Lipinski definition) is 4. The third-order valence-corrected chi connectivity index (χ3v) is 7.21. The summed E-state index contributed by atoms with van der Waals surface area (Å²) in [6, 6.07) is 12.7. The third-order valence-electron chi connectivity index (χ3n) is 6.96. The van der Waals surface area contributed by atoms with E-state index in [1.165, 1.54) is 19.3 Å². The first kappa shape index (κ1) is 25.4. The number of carbonyl (C=O) groups is 2. The lowest BCUT2D eigenvalue weighted by atomic mass is 9.79. The van der Waals surface area contributed by atoms with E-state index in [9.17, 15) is 9.59 Å². The topological polar surface area (TPSA) is 67.9 Å². The minimum atomic E-state index is -0.0992. The van der Waals surface area contributed by atoms with E-state index in [4.69, 9.17) is 21.1 Å². The Morgan fingerprint density at radius 2 is 1.89 bits per heavy atom. The van der Waals surface area contributed by atoms with Crippen LogP contribution in [-0.4, -0.2) is 31.6 Å². The van der Waals surface area contributed by atoms with Crippen molar-refractivity contribution in [2.24, 2.45) is 11.8 Å². The van der Waals surface area contributed by atoms with Gasteiger partial charge in [-0.1, -0.05) is 37.8 Å². The molecular weight excluding hydrogens is 464 g/mol. The van der Waals surface area contributed by atoms with Crippen molar-refractivity contribution in [3.8, 4) is 11.5 Å². The van der Waals surface area contributed by atoms with Crippen LogP contribution in [0.25, 0.3) is 0 Å². The molecule has 2 aromatic carbocycles. The van der Waals surface area contributed by atoms with Gasteiger partial charge in [-0.15, -0.1) is 0 Å². The number of rotatable bonds is 10. The molecule has 0 saturated heterocycles. The fourth-order valence-electron chi connectivity index (χ4n) is 4.92. The highest BCUT2D eigenvalue weighted by atomic mass is 35.5. The highest BCUT2D eigenvalue weighted by molar-refractivity contribution is 6.30. The van der Waals surface area contributed by atoms with Gasteiger partial charge < -0.3 is 19.7 Å². The first-order valence-corrected chi connectivity index (χ1v) is 13.2. The smallest absolute Gasteiger partial charge is 0.265 e. The molecule has 0 aromatic heterocycles. The first-order chi connectivity index (χ1) is 17.0. The van der Waals surface area contributed by atoms with Crippen LogP contribution < -0.4 is 19.7 Å². The largest absolute Gasteiger partial charge is 0.494 e. The molecule has 1 aliphatic carbocycles. The number of hydrogen-bond donors (Lipinski definition) is 1. The van der Waals surface area contributed by atoms with Crippen LogP contribution >= 0.6 is 11.6 Å². The second-order valence-corrected chi connectivity index (χ2v) is 9.96. The summed E-state index contributed by atoms with van der Waals surface area (Å²) in [5, 5.41) is 3.74. The number of nitrogens with zero attached hydrogens (tertiary/aromatic N) is 1. The molecule has 1 fully saturated rings. The number of benzene rings is 2. The second-order valence-electron chi connectivity index (χ2n) is 9.52. The van der Waals surface area contributed by atoms with Crippen molar-refractivity contribution >= 4 is 34.8 Å². The minimum Gasteiger partial charge on any atom is -0.494 e. The van der Waals surface area contributed by atoms with Crippen molar-refractivity contribution in [2.45, 2.75) is 58.3 Å². The van der Waals surface area contributed by atoms with Crippen molar-refractivity contribution < 1.29 is 19.1 Å². The molecule has 2 aliphatic rings. The van der Waals surface area contributed by atoms with Gasteiger partial charge in [-0.3, -0.25) is 9.59 Å². The average Bonchev–Trinajstić information content (AvgIpc) is 2.87. The second kappa shape index (κ2) is 12.3. The zero-order chi connectivity index (χ0) is 24.6. The molecule has 0 spiro atoms. The Kier molecular flexibility index (Phi) is 8.91. The van der Waals surface area contributed by atoms with Crippen LogP contribution in [0.15, 0.2) is 42.5 Å². The van der Waals surface area contributed by atoms with Gasteiger partial charge in [0.25, 0.3) is 5.91 Å². The number of amides is 2. The monoisotopic (exact) mass is 498 g/mol. The molecule has 0 bridgehead atoms. The zero-order valence-corrected chi connectivity index (χ0v) is 21.2. The Morgan fingerprint density at radius 3 is 2.63 bits per heavy atom. The molecule has 1 heterocycles. The van der Waals surface area contributed by atoms with E-state index in [0.29, 0.717) is 41.7 Å². The van der Waals surface area contributed by atoms with Crippen LogP contribution in [0, 0.1) is 11.8 Å². The summed E-state index contributed by atoms with van der Waals surface area (Å²) < 4.78 is 11.4. The maximum atomic E-state index is 12.9. The Hall–Kier alpha value is -2.73. The summed E-state index contributed by atoms with van der Waals surface area (Å²) in [7, 11) is 0. The fourth-order valence-corrected chi connectivity index (χ4v) is 5.04. The van der Waals surface area contributed by atoms with Gasteiger partial charge in [0.15, 0.2) is 6.61 Å². The number of ether oxygens (including phenoxy) is 2. The van der Waals surface area contributed by atoms with Crippen LogP contribution in [0.2, 0.25) is 5.02 Å². The molecule has 2 amide bonds. The number of anilines is 2. The van der Waals surface area contributed by atoms with Crippen molar-refractivity contribution in [1.82, 2.24) is 0 Å². The molecule has 4 rings (SSSR count). The van der Waals surface area contributed by atoms with Gasteiger partial charge >= 0.3 is 0 Å². The standard InChI is InChI=1S/C28H35ClN2O4/c1-2-3-5-20-6-8-21(9-7-20)28(33)30-23-12-15-26-25(18-23)31(27(32)19-35-26)16-4-17-34-24-13-10-22(29)11-14-24/h10-15,18,20-21H,2-9,16-17,19H2,1H3,(H,30,33). The number of unbranched alkanes of at least 4 members (excludes halogenated alkanes) is 1. The van der Waals surface area contributed by atoms with E-state index in [0.717, 1.165) is 37.4 Å². The molecule has 2 aromatic rings. The maximum Gasteiger partial charge on any atom is 0.265 e. The molecule has 6 nitrogen and oxygen atoms in total. The van der Waals surface area contributed by atoms with Gasteiger partial charge in [0, 0.05) is 23.2 Å². The Morgan fingerprint density at radius 1 is 1.11 bits per heavy atom. The van der Waals surface area contributed by atoms with E-state index in [1.54, 1.807) is 17.0 Å². The summed E-state index contributed by atoms with van der Waals surface area (Å²) in [6.07, 6.45) is 8.63. The molecular formula is C28H35ClN2O4. The Labute approximate surface area is 212 Å². The van der Waals surface area contributed by atoms with Crippen LogP contribution in [0.5, 0.6) is 11.5 Å². The fraction of sp³-hybridized carbons (Fsp3) is 0.500. The molecule has 0 unspecified atom stereocenters. The average molecular weight is 499 g/mol. The van der Waals surface area contributed by atoms with Crippen LogP contribution in [0.4, 0.5) is 11.4 Å². The lowest BCUT2D eigenvalue weighted by molar-refractivity contribution is -0.121. The van der Waals surface area contributed by atoms with Gasteiger partial charge in [-0.05, 0) is 80.5 Å². The molecule has 1 aliphatic heterocycles. The summed E-state index contributed by atoms with van der Waals surface area (Å²) in [5.74, 6) is 2.19. The van der Waals surface area contributed by atoms with Crippen LogP contribution in [-0.2, 0) is 9.59 Å². The molecule has 0 radical (unpaired) electrons. The van der Waals surface area contributed by atoms with Crippen molar-refractivity contribution in [1.29, 1.82) is 0 Å². The normalized spacial score (nSPS) is 19.6. The van der Waals surface area contributed by atoms with E-state index in [-0.39, 0.29) is 24.3 Å². The molecule has 1 N–H and O–H groups in total. The van der Waals surface area contributed by atoms with Crippen molar-refractivity contribution in [3.63, 3.8) is 0 Å². The van der Waals surface area contributed by atoms with Gasteiger partial charge in [-0.25, -0.2) is 0 Å². The quantitative estimate of drug-likeness (QED) is 0.381. The van der Waals surface area contributed by atoms with E-state index >= 15 is 0 Å². The number of nitrogens with one attached hydrogen (secondary N) is 1. The van der Waals surface area contributed by atoms with E-state index in [1.807, 2.05) is 30.3 Å². The first-order valence-electron chi connectivity index (χ1n) is 12.8. The van der Waals surface area contributed by atoms with Gasteiger partial charge in [0.1, 0.15) is 11.5 Å². The highest BCUT2D eigenvalue weighted by Gasteiger charge is 2.28. The zero-order valence-electron chi connectivity index (χ0n) is 20.4. The van der Waals surface area contributed by atoms with Crippen molar-refractivity contribution in [3.05, 3.63) is 47.5 Å². The number of carbonyl (C=O) groups excluding carboxylic acids is 2. The summed E-state index contributed by atoms with van der Waals surface area (Å²) in [5.41, 5.74) is 1.39. The third kappa shape index (κ3) is 6.91. The van der Waals surface area contributed by atoms with Gasteiger partial charge in [0.05, 0.1) is 12.3 Å². The Balaban J connectivity index is 1.32. The minimum absolute atomic E-state index is 0.0119. The van der Waals surface area contributed by atoms with Gasteiger partial charge in [-0.2, -0.15) is 0 Å². The van der Waals surface area contributed by atoms with E-state index < -0.39 is 0 Å². The molecule has 35 heavy (non-hydrogen) atoms. The van der Waals surface area contributed by atoms with Crippen LogP contribution in [0.1, 0.15) is 58.3 Å². The van der Waals surface area contributed by atoms with E-state index in [2.05, 4.69) is 12.2 Å². The lowest BCUT2D eigenvalue weighted by Crippen LogP contribution is -2.40. The predicted octanol–water partition coefficient (Wildman–Crippen LogP) is 6.47. The summed E-state index contributed by atoms with van der Waals surface area (Å²) in [6.45, 7) is 3.21. The molecule has 0 atom stereocenters. The molecule has 7 heteroatoms. The summed E-state index contributed by atoms with van der Waals surface area (Å²) >= 11 is 5.91. The summed E-state index contributed by atoms with van der Waals surface area (Å²) in [4.78, 5) is 27.2. The number of fused-ring (bicyclic) bond motifs is 1. The molecule has 1 saturated carbocycles. The maximum absolute atomic E-state index is 12.9. The Bertz CT molecular complexity index is 1000. The number of halogens is 1. The molecule has 188 valence electrons. The highest BCUT2D eigenvalue weighted by Crippen LogP contribution is 2.36. The predicted molar refractivity (Wildman–Crippen MR) is 139 cm³/mol. The van der Waals surface area contributed by atoms with Crippen molar-refractivity contribution in [2.75, 3.05) is 30.0 Å². The lowest BCUT2D eigenvalue weighted by Gasteiger charge is -2.30. The van der Waals surface area contributed by atoms with Gasteiger partial charge in [0.2, 0.25) is 5.91 Å².